The van der Waals surface area contributed by atoms with Gasteiger partial charge in [-0.1, -0.05) is 0 Å². The van der Waals surface area contributed by atoms with E-state index in [0.717, 1.165) is 0 Å². The highest BCUT2D eigenvalue weighted by molar-refractivity contribution is 14.0. The number of nitrogens with two attached hydrogens (primary N) is 1. The first-order chi connectivity index (χ1) is 4.20. The standard InChI is InChI=1S/C5H7N3O.HI/c1-8-3-2-4(6)7-5(8)9;/h2-3H,1H3,(H2,6,7,9);1H. The maximum absolute atomic E-state index is 10.6. The van der Waals surface area contributed by atoms with Crippen molar-refractivity contribution < 1.29 is 0 Å². The Hall–Kier alpha value is -0.590. The maximum Gasteiger partial charge on any atom is 0.349 e. The van der Waals surface area contributed by atoms with Crippen LogP contribution in [0.5, 0.6) is 0 Å². The van der Waals surface area contributed by atoms with Crippen molar-refractivity contribution in [3.8, 4) is 0 Å². The molecule has 0 bridgehead atoms. The molecule has 2 N–H and O–H groups in total. The van der Waals surface area contributed by atoms with E-state index < -0.39 is 0 Å². The van der Waals surface area contributed by atoms with Crippen LogP contribution in [0.15, 0.2) is 17.1 Å². The topological polar surface area (TPSA) is 60.9 Å². The van der Waals surface area contributed by atoms with Gasteiger partial charge < -0.3 is 10.3 Å². The predicted octanol–water partition coefficient (Wildman–Crippen LogP) is -0.0195. The number of nitrogen functional groups attached to an aromatic ring is 1. The van der Waals surface area contributed by atoms with E-state index in [2.05, 4.69) is 4.98 Å². The Kier molecular flexibility index (Phi) is 3.34. The third kappa shape index (κ3) is 1.98. The van der Waals surface area contributed by atoms with Crippen LogP contribution < -0.4 is 11.4 Å². The summed E-state index contributed by atoms with van der Waals surface area (Å²) in [5, 5.41) is 0. The highest BCUT2D eigenvalue weighted by Crippen LogP contribution is 1.85. The van der Waals surface area contributed by atoms with Gasteiger partial charge in [0.05, 0.1) is 0 Å². The zero-order valence-electron chi connectivity index (χ0n) is 5.44. The third-order valence-electron chi connectivity index (χ3n) is 0.995. The Morgan fingerprint density at radius 2 is 2.30 bits per heavy atom. The lowest BCUT2D eigenvalue weighted by molar-refractivity contribution is 0.814. The molecular weight excluding hydrogens is 245 g/mol. The lowest BCUT2D eigenvalue weighted by atomic mass is 10.6. The van der Waals surface area contributed by atoms with E-state index in [0.29, 0.717) is 0 Å². The van der Waals surface area contributed by atoms with Crippen molar-refractivity contribution in [2.24, 2.45) is 7.05 Å². The first-order valence-corrected chi connectivity index (χ1v) is 2.49. The largest absolute Gasteiger partial charge is 0.383 e. The molecule has 0 aromatic carbocycles. The Bertz CT molecular complexity index is 270. The van der Waals surface area contributed by atoms with Crippen LogP contribution >= 0.6 is 24.0 Å². The van der Waals surface area contributed by atoms with Gasteiger partial charge in [-0.2, -0.15) is 4.98 Å². The van der Waals surface area contributed by atoms with Gasteiger partial charge in [0, 0.05) is 13.2 Å². The van der Waals surface area contributed by atoms with E-state index in [1.54, 1.807) is 19.3 Å². The van der Waals surface area contributed by atoms with Crippen LogP contribution in [-0.2, 0) is 7.05 Å². The van der Waals surface area contributed by atoms with E-state index in [-0.39, 0.29) is 35.5 Å². The summed E-state index contributed by atoms with van der Waals surface area (Å²) >= 11 is 0. The van der Waals surface area contributed by atoms with Crippen LogP contribution in [-0.4, -0.2) is 9.55 Å². The summed E-state index contributed by atoms with van der Waals surface area (Å²) in [6, 6.07) is 1.57. The molecular formula is C5H8IN3O. The van der Waals surface area contributed by atoms with Crippen LogP contribution in [0, 0.1) is 0 Å². The number of nitrogens with zero attached hydrogens (tertiary/aromatic N) is 2. The lowest BCUT2D eigenvalue weighted by Gasteiger charge is -1.92. The zero-order chi connectivity index (χ0) is 6.85. The molecule has 0 spiro atoms. The molecule has 0 radical (unpaired) electrons. The van der Waals surface area contributed by atoms with Gasteiger partial charge in [0.2, 0.25) is 0 Å². The quantitative estimate of drug-likeness (QED) is 0.661. The van der Waals surface area contributed by atoms with Gasteiger partial charge in [0.25, 0.3) is 0 Å². The normalized spacial score (nSPS) is 8.50. The molecule has 0 amide bonds. The van der Waals surface area contributed by atoms with E-state index in [1.165, 1.54) is 4.57 Å². The molecule has 1 rings (SSSR count). The molecule has 0 aliphatic carbocycles. The molecule has 5 heteroatoms. The van der Waals surface area contributed by atoms with Gasteiger partial charge in [-0.05, 0) is 6.07 Å². The van der Waals surface area contributed by atoms with E-state index in [1.807, 2.05) is 0 Å². The Labute approximate surface area is 75.1 Å². The third-order valence-corrected chi connectivity index (χ3v) is 0.995. The van der Waals surface area contributed by atoms with Crippen molar-refractivity contribution in [2.75, 3.05) is 5.73 Å². The van der Waals surface area contributed by atoms with Gasteiger partial charge in [-0.25, -0.2) is 4.79 Å². The highest BCUT2D eigenvalue weighted by Gasteiger charge is 1.88. The van der Waals surface area contributed by atoms with E-state index in [4.69, 9.17) is 5.73 Å². The van der Waals surface area contributed by atoms with Crippen molar-refractivity contribution in [3.05, 3.63) is 22.7 Å². The summed E-state index contributed by atoms with van der Waals surface area (Å²) in [5.41, 5.74) is 4.88. The number of hydrogen-bond acceptors (Lipinski definition) is 3. The summed E-state index contributed by atoms with van der Waals surface area (Å²) in [7, 11) is 1.62. The molecule has 0 fully saturated rings. The van der Waals surface area contributed by atoms with Gasteiger partial charge in [-0.15, -0.1) is 24.0 Å². The number of aromatic nitrogens is 2. The Morgan fingerprint density at radius 1 is 1.70 bits per heavy atom. The molecule has 56 valence electrons. The average molecular weight is 253 g/mol. The smallest absolute Gasteiger partial charge is 0.349 e. The second-order valence-electron chi connectivity index (χ2n) is 1.75. The minimum Gasteiger partial charge on any atom is -0.383 e. The minimum absolute atomic E-state index is 0. The molecule has 1 aromatic heterocycles. The highest BCUT2D eigenvalue weighted by atomic mass is 127. The first-order valence-electron chi connectivity index (χ1n) is 2.49. The van der Waals surface area contributed by atoms with E-state index >= 15 is 0 Å². The van der Waals surface area contributed by atoms with Crippen molar-refractivity contribution >= 4 is 29.8 Å². The Balaban J connectivity index is 0.000000810. The molecule has 0 atom stereocenters. The summed E-state index contributed by atoms with van der Waals surface area (Å²) in [6.45, 7) is 0. The average Bonchev–Trinajstić information content (AvgIpc) is 1.80. The SMILES string of the molecule is Cn1ccc(N)nc1=O.I. The molecule has 0 unspecified atom stereocenters. The van der Waals surface area contributed by atoms with E-state index in [9.17, 15) is 4.79 Å². The number of rotatable bonds is 0. The van der Waals surface area contributed by atoms with Crippen molar-refractivity contribution in [3.63, 3.8) is 0 Å². The van der Waals surface area contributed by atoms with Crippen LogP contribution in [0.1, 0.15) is 0 Å². The maximum atomic E-state index is 10.6. The molecule has 1 aromatic rings. The minimum atomic E-state index is -0.324. The fraction of sp³-hybridized carbons (Fsp3) is 0.200. The van der Waals surface area contributed by atoms with Gasteiger partial charge in [-0.3, -0.25) is 0 Å². The van der Waals surface area contributed by atoms with Crippen LogP contribution in [0.2, 0.25) is 0 Å². The molecule has 1 heterocycles. The molecule has 10 heavy (non-hydrogen) atoms. The predicted molar refractivity (Wildman–Crippen MR) is 49.3 cm³/mol. The molecule has 0 saturated heterocycles. The summed E-state index contributed by atoms with van der Waals surface area (Å²) in [4.78, 5) is 14.1. The van der Waals surface area contributed by atoms with Crippen LogP contribution in [0.4, 0.5) is 5.82 Å². The summed E-state index contributed by atoms with van der Waals surface area (Å²) < 4.78 is 1.36. The monoisotopic (exact) mass is 253 g/mol. The number of anilines is 1. The van der Waals surface area contributed by atoms with Gasteiger partial charge in [0.1, 0.15) is 5.82 Å². The fourth-order valence-corrected chi connectivity index (χ4v) is 0.479. The Morgan fingerprint density at radius 3 is 2.70 bits per heavy atom. The molecule has 0 aliphatic heterocycles. The molecule has 0 saturated carbocycles. The lowest BCUT2D eigenvalue weighted by Crippen LogP contribution is -2.19. The zero-order valence-corrected chi connectivity index (χ0v) is 7.77. The van der Waals surface area contributed by atoms with Crippen molar-refractivity contribution in [1.82, 2.24) is 9.55 Å². The second kappa shape index (κ2) is 3.55. The van der Waals surface area contributed by atoms with Crippen LogP contribution in [0.3, 0.4) is 0 Å². The first kappa shape index (κ1) is 9.41. The van der Waals surface area contributed by atoms with Gasteiger partial charge in [0.15, 0.2) is 0 Å². The summed E-state index contributed by atoms with van der Waals surface area (Å²) in [6.07, 6.45) is 1.57. The van der Waals surface area contributed by atoms with Crippen LogP contribution in [0.25, 0.3) is 0 Å². The number of hydrogen-bond donors (Lipinski definition) is 1. The molecule has 4 nitrogen and oxygen atoms in total. The van der Waals surface area contributed by atoms with Crippen molar-refractivity contribution in [2.45, 2.75) is 0 Å². The van der Waals surface area contributed by atoms with Gasteiger partial charge >= 0.3 is 5.69 Å². The second-order valence-corrected chi connectivity index (χ2v) is 1.75. The number of halogens is 1. The van der Waals surface area contributed by atoms with Crippen molar-refractivity contribution in [1.29, 1.82) is 0 Å². The number of aryl methyl sites for hydroxylation is 1. The molecule has 0 aliphatic rings. The fourth-order valence-electron chi connectivity index (χ4n) is 0.479. The summed E-state index contributed by atoms with van der Waals surface area (Å²) in [5.74, 6) is 0.262.